The van der Waals surface area contributed by atoms with Crippen molar-refractivity contribution in [3.8, 4) is 0 Å². The van der Waals surface area contributed by atoms with Gasteiger partial charge < -0.3 is 37.4 Å². The maximum atomic E-state index is 13.8. The van der Waals surface area contributed by atoms with Crippen molar-refractivity contribution in [2.45, 2.75) is 75.5 Å². The summed E-state index contributed by atoms with van der Waals surface area (Å²) in [7, 11) is 0. The second-order valence-electron chi connectivity index (χ2n) is 11.2. The van der Waals surface area contributed by atoms with Crippen molar-refractivity contribution in [3.63, 3.8) is 0 Å². The van der Waals surface area contributed by atoms with Crippen LogP contribution in [0.3, 0.4) is 0 Å². The minimum atomic E-state index is -1.23. The highest BCUT2D eigenvalue weighted by atomic mass is 16.4. The fraction of sp³-hybridized carbons (Fsp3) is 0.406. The molecule has 0 bridgehead atoms. The van der Waals surface area contributed by atoms with E-state index in [-0.39, 0.29) is 38.6 Å². The molecule has 1 saturated heterocycles. The summed E-state index contributed by atoms with van der Waals surface area (Å²) in [6.45, 7) is 3.54. The third-order valence-electron chi connectivity index (χ3n) is 7.76. The summed E-state index contributed by atoms with van der Waals surface area (Å²) in [5.74, 6) is -5.42. The number of nitrogens with one attached hydrogen (secondary N) is 3. The predicted molar refractivity (Wildman–Crippen MR) is 167 cm³/mol. The lowest BCUT2D eigenvalue weighted by Crippen LogP contribution is -2.60. The summed E-state index contributed by atoms with van der Waals surface area (Å²) in [5.41, 5.74) is 11.4. The number of hydrogen-bond acceptors (Lipinski definition) is 7. The monoisotopic (exact) mass is 636 g/mol. The third kappa shape index (κ3) is 10.1. The van der Waals surface area contributed by atoms with E-state index in [1.807, 2.05) is 36.4 Å². The molecular formula is C32H40N6O8. The van der Waals surface area contributed by atoms with Crippen LogP contribution in [0.2, 0.25) is 0 Å². The van der Waals surface area contributed by atoms with Crippen LogP contribution in [0.15, 0.2) is 55.1 Å². The Kier molecular flexibility index (Phi) is 12.8. The van der Waals surface area contributed by atoms with Gasteiger partial charge in [0, 0.05) is 25.8 Å². The Hall–Kier alpha value is -5.27. The second kappa shape index (κ2) is 16.7. The molecule has 2 aromatic rings. The van der Waals surface area contributed by atoms with E-state index in [0.717, 1.165) is 16.8 Å². The molecule has 14 heteroatoms. The molecule has 4 atom stereocenters. The third-order valence-corrected chi connectivity index (χ3v) is 7.76. The fourth-order valence-corrected chi connectivity index (χ4v) is 5.35. The number of likely N-dealkylation sites (tertiary alicyclic amines) is 1. The smallest absolute Gasteiger partial charge is 0.303 e. The molecule has 2 aromatic carbocycles. The number of piperidine rings is 1. The average Bonchev–Trinajstić information content (AvgIpc) is 3.03. The molecule has 1 heterocycles. The molecule has 8 N–H and O–H groups in total. The van der Waals surface area contributed by atoms with Gasteiger partial charge in [0.2, 0.25) is 35.4 Å². The van der Waals surface area contributed by atoms with Crippen LogP contribution < -0.4 is 27.4 Å². The summed E-state index contributed by atoms with van der Waals surface area (Å²) in [5, 5.41) is 18.7. The largest absolute Gasteiger partial charge is 0.481 e. The van der Waals surface area contributed by atoms with Crippen LogP contribution in [0.4, 0.5) is 0 Å². The van der Waals surface area contributed by atoms with Gasteiger partial charge in [0.15, 0.2) is 0 Å². The van der Waals surface area contributed by atoms with E-state index in [4.69, 9.17) is 16.6 Å². The van der Waals surface area contributed by atoms with E-state index in [1.54, 1.807) is 6.07 Å². The molecule has 0 spiro atoms. The highest BCUT2D eigenvalue weighted by Crippen LogP contribution is 2.21. The van der Waals surface area contributed by atoms with E-state index >= 15 is 0 Å². The minimum absolute atomic E-state index is 0.0149. The van der Waals surface area contributed by atoms with E-state index < -0.39 is 72.0 Å². The molecule has 0 aliphatic carbocycles. The fourth-order valence-electron chi connectivity index (χ4n) is 5.35. The van der Waals surface area contributed by atoms with Gasteiger partial charge in [-0.15, -0.1) is 0 Å². The Labute approximate surface area is 265 Å². The van der Waals surface area contributed by atoms with E-state index in [9.17, 15) is 33.6 Å². The minimum Gasteiger partial charge on any atom is -0.481 e. The number of nitrogens with zero attached hydrogens (tertiary/aromatic N) is 1. The van der Waals surface area contributed by atoms with Crippen LogP contribution in [0.25, 0.3) is 10.8 Å². The van der Waals surface area contributed by atoms with Crippen molar-refractivity contribution in [2.24, 2.45) is 11.5 Å². The number of fused-ring (bicyclic) bond motifs is 1. The Balaban J connectivity index is 1.88. The summed E-state index contributed by atoms with van der Waals surface area (Å²) in [6.07, 6.45) is 1.45. The summed E-state index contributed by atoms with van der Waals surface area (Å²) < 4.78 is 0. The van der Waals surface area contributed by atoms with Crippen molar-refractivity contribution in [1.29, 1.82) is 0 Å². The Morgan fingerprint density at radius 1 is 0.891 bits per heavy atom. The molecule has 46 heavy (non-hydrogen) atoms. The predicted octanol–water partition coefficient (Wildman–Crippen LogP) is 0.0194. The van der Waals surface area contributed by atoms with Gasteiger partial charge in [0.05, 0.1) is 0 Å². The second-order valence-corrected chi connectivity index (χ2v) is 11.2. The molecule has 14 nitrogen and oxygen atoms in total. The van der Waals surface area contributed by atoms with Gasteiger partial charge in [-0.2, -0.15) is 0 Å². The number of carbonyl (C=O) groups is 7. The van der Waals surface area contributed by atoms with Gasteiger partial charge in [-0.25, -0.2) is 0 Å². The molecule has 0 radical (unpaired) electrons. The topological polar surface area (TPSA) is 231 Å². The van der Waals surface area contributed by atoms with Gasteiger partial charge in [-0.3, -0.25) is 33.6 Å². The maximum absolute atomic E-state index is 13.8. The zero-order chi connectivity index (χ0) is 33.8. The van der Waals surface area contributed by atoms with Gasteiger partial charge >= 0.3 is 5.97 Å². The van der Waals surface area contributed by atoms with Gasteiger partial charge in [0.25, 0.3) is 0 Å². The Morgan fingerprint density at radius 3 is 2.24 bits per heavy atom. The van der Waals surface area contributed by atoms with Crippen molar-refractivity contribution < 1.29 is 38.7 Å². The van der Waals surface area contributed by atoms with Gasteiger partial charge in [-0.1, -0.05) is 49.0 Å². The first-order chi connectivity index (χ1) is 21.9. The standard InChI is InChI=1S/C32H40N6O8/c1-2-27(40)35-23(13-15-28(41)42)32(46)38-16-6-5-9-25(38)31(45)37-24(30(44)36-22(29(34)43)12-14-26(33)39)18-19-10-11-20-7-3-4-8-21(20)17-19/h2-4,7-8,10-11,17,22-25H,1,5-6,9,12-16,18H2,(H2,33,39)(H2,34,43)(H,35,40)(H,36,44)(H,37,45)(H,41,42)/t22-,23-,24?,25-/m0/s1. The number of hydrogen-bond donors (Lipinski definition) is 6. The average molecular weight is 637 g/mol. The summed E-state index contributed by atoms with van der Waals surface area (Å²) >= 11 is 0. The maximum Gasteiger partial charge on any atom is 0.303 e. The molecule has 6 amide bonds. The zero-order valence-corrected chi connectivity index (χ0v) is 25.4. The molecule has 1 fully saturated rings. The van der Waals surface area contributed by atoms with E-state index in [0.29, 0.717) is 18.4 Å². The summed E-state index contributed by atoms with van der Waals surface area (Å²) in [6, 6.07) is 8.44. The molecule has 1 unspecified atom stereocenters. The number of carboxylic acid groups (broad SMARTS) is 1. The number of rotatable bonds is 16. The molecule has 0 saturated carbocycles. The van der Waals surface area contributed by atoms with Crippen LogP contribution in [-0.4, -0.2) is 82.1 Å². The lowest BCUT2D eigenvalue weighted by Gasteiger charge is -2.37. The highest BCUT2D eigenvalue weighted by Gasteiger charge is 2.38. The first kappa shape index (κ1) is 35.2. The van der Waals surface area contributed by atoms with Crippen molar-refractivity contribution in [1.82, 2.24) is 20.9 Å². The molecule has 246 valence electrons. The SMILES string of the molecule is C=CC(=O)N[C@@H](CCC(=O)O)C(=O)N1CCCC[C@H]1C(=O)NC(Cc1ccc2ccccc2c1)C(=O)N[C@@H](CCC(N)=O)C(N)=O. The van der Waals surface area contributed by atoms with Crippen LogP contribution in [0, 0.1) is 0 Å². The lowest BCUT2D eigenvalue weighted by molar-refractivity contribution is -0.146. The van der Waals surface area contributed by atoms with Gasteiger partial charge in [-0.05, 0) is 54.5 Å². The Morgan fingerprint density at radius 2 is 1.59 bits per heavy atom. The molecule has 0 aromatic heterocycles. The first-order valence-electron chi connectivity index (χ1n) is 15.0. The van der Waals surface area contributed by atoms with Crippen molar-refractivity contribution >= 4 is 52.2 Å². The first-order valence-corrected chi connectivity index (χ1v) is 15.0. The number of carboxylic acids is 1. The van der Waals surface area contributed by atoms with E-state index in [2.05, 4.69) is 22.5 Å². The molecule has 1 aliphatic rings. The normalized spacial score (nSPS) is 16.3. The quantitative estimate of drug-likeness (QED) is 0.137. The molecular weight excluding hydrogens is 596 g/mol. The Bertz CT molecular complexity index is 1490. The number of nitrogens with two attached hydrogens (primary N) is 2. The molecule has 1 aliphatic heterocycles. The van der Waals surface area contributed by atoms with Crippen LogP contribution >= 0.6 is 0 Å². The lowest BCUT2D eigenvalue weighted by atomic mass is 9.97. The zero-order valence-electron chi connectivity index (χ0n) is 25.4. The van der Waals surface area contributed by atoms with Crippen LogP contribution in [0.5, 0.6) is 0 Å². The van der Waals surface area contributed by atoms with Crippen molar-refractivity contribution in [3.05, 3.63) is 60.7 Å². The highest BCUT2D eigenvalue weighted by molar-refractivity contribution is 5.97. The number of benzene rings is 2. The number of primary amides is 2. The van der Waals surface area contributed by atoms with Crippen LogP contribution in [0.1, 0.15) is 50.5 Å². The van der Waals surface area contributed by atoms with Gasteiger partial charge in [0.1, 0.15) is 24.2 Å². The van der Waals surface area contributed by atoms with Crippen molar-refractivity contribution in [2.75, 3.05) is 6.54 Å². The number of amides is 6. The summed E-state index contributed by atoms with van der Waals surface area (Å²) in [4.78, 5) is 88.9. The van der Waals surface area contributed by atoms with Crippen LogP contribution in [-0.2, 0) is 40.0 Å². The number of carbonyl (C=O) groups excluding carboxylic acids is 6. The number of aliphatic carboxylic acids is 1. The molecule has 3 rings (SSSR count). The van der Waals surface area contributed by atoms with E-state index in [1.165, 1.54) is 4.90 Å².